The lowest BCUT2D eigenvalue weighted by Gasteiger charge is -2.27. The van der Waals surface area contributed by atoms with E-state index in [-0.39, 0.29) is 24.2 Å². The van der Waals surface area contributed by atoms with Gasteiger partial charge in [0.25, 0.3) is 5.91 Å². The van der Waals surface area contributed by atoms with Gasteiger partial charge in [-0.15, -0.1) is 0 Å². The first kappa shape index (κ1) is 15.0. The summed E-state index contributed by atoms with van der Waals surface area (Å²) < 4.78 is 0.936. The van der Waals surface area contributed by atoms with Crippen molar-refractivity contribution in [2.45, 2.75) is 31.2 Å². The van der Waals surface area contributed by atoms with Crippen LogP contribution in [-0.4, -0.2) is 23.4 Å². The molecule has 0 bridgehead atoms. The molecule has 0 aromatic heterocycles. The molecule has 1 aromatic rings. The van der Waals surface area contributed by atoms with Crippen LogP contribution in [0.4, 0.5) is 10.5 Å². The highest BCUT2D eigenvalue weighted by atomic mass is 79.9. The summed E-state index contributed by atoms with van der Waals surface area (Å²) in [5.41, 5.74) is -0.200. The average Bonchev–Trinajstić information content (AvgIpc) is 2.97. The molecule has 1 aliphatic carbocycles. The highest BCUT2D eigenvalue weighted by Crippen LogP contribution is 2.40. The van der Waals surface area contributed by atoms with Gasteiger partial charge in [0.15, 0.2) is 0 Å². The maximum atomic E-state index is 12.2. The second-order valence-corrected chi connectivity index (χ2v) is 6.64. The molecule has 6 nitrogen and oxygen atoms in total. The highest BCUT2D eigenvalue weighted by Gasteiger charge is 2.54. The van der Waals surface area contributed by atoms with Gasteiger partial charge in [0.2, 0.25) is 5.91 Å². The first-order chi connectivity index (χ1) is 10.5. The largest absolute Gasteiger partial charge is 0.326 e. The topological polar surface area (TPSA) is 87.3 Å². The van der Waals surface area contributed by atoms with Gasteiger partial charge < -0.3 is 10.6 Å². The lowest BCUT2D eigenvalue weighted by molar-refractivity contribution is -0.126. The molecule has 3 rings (SSSR count). The zero-order valence-electron chi connectivity index (χ0n) is 11.8. The monoisotopic (exact) mass is 365 g/mol. The lowest BCUT2D eigenvalue weighted by atomic mass is 9.84. The van der Waals surface area contributed by atoms with Crippen molar-refractivity contribution in [3.05, 3.63) is 28.7 Å². The number of hydrogen-bond donors (Lipinski definition) is 3. The van der Waals surface area contributed by atoms with E-state index in [0.29, 0.717) is 12.1 Å². The van der Waals surface area contributed by atoms with Crippen molar-refractivity contribution in [1.82, 2.24) is 10.6 Å². The first-order valence-corrected chi connectivity index (χ1v) is 7.98. The Labute approximate surface area is 136 Å². The van der Waals surface area contributed by atoms with Crippen LogP contribution in [0.3, 0.4) is 0 Å². The fraction of sp³-hybridized carbons (Fsp3) is 0.400. The van der Waals surface area contributed by atoms with E-state index in [1.807, 2.05) is 12.1 Å². The fourth-order valence-corrected chi connectivity index (χ4v) is 3.56. The molecule has 0 radical (unpaired) electrons. The molecule has 3 N–H and O–H groups in total. The third kappa shape index (κ3) is 2.72. The molecule has 1 heterocycles. The Morgan fingerprint density at radius 2 is 2.05 bits per heavy atom. The van der Waals surface area contributed by atoms with Crippen molar-refractivity contribution < 1.29 is 14.4 Å². The Hall–Kier alpha value is -1.89. The minimum atomic E-state index is -0.909. The van der Waals surface area contributed by atoms with Gasteiger partial charge in [0, 0.05) is 16.6 Å². The molecule has 1 spiro atoms. The van der Waals surface area contributed by atoms with E-state index >= 15 is 0 Å². The quantitative estimate of drug-likeness (QED) is 0.717. The smallest absolute Gasteiger partial charge is 0.322 e. The van der Waals surface area contributed by atoms with Crippen LogP contribution in [0, 0.1) is 5.92 Å². The summed E-state index contributed by atoms with van der Waals surface area (Å²) in [6, 6.07) is 6.83. The molecule has 1 aliphatic heterocycles. The summed E-state index contributed by atoms with van der Waals surface area (Å²) in [5, 5.41) is 7.83. The van der Waals surface area contributed by atoms with E-state index in [4.69, 9.17) is 0 Å². The SMILES string of the molecule is O=C(CC1CCCC12NC(=O)NC2=O)Nc1ccc(Br)cc1. The number of carbonyl (C=O) groups excluding carboxylic acids is 3. The molecule has 116 valence electrons. The fourth-order valence-electron chi connectivity index (χ4n) is 3.29. The summed E-state index contributed by atoms with van der Waals surface area (Å²) in [6.07, 6.45) is 2.37. The number of urea groups is 1. The van der Waals surface area contributed by atoms with Gasteiger partial charge in [0.1, 0.15) is 5.54 Å². The molecule has 1 saturated carbocycles. The summed E-state index contributed by atoms with van der Waals surface area (Å²) in [6.45, 7) is 0. The number of hydrogen-bond acceptors (Lipinski definition) is 3. The molecule has 7 heteroatoms. The Kier molecular flexibility index (Phi) is 3.90. The number of imide groups is 1. The number of nitrogens with one attached hydrogen (secondary N) is 3. The molecule has 2 aliphatic rings. The predicted molar refractivity (Wildman–Crippen MR) is 84.1 cm³/mol. The van der Waals surface area contributed by atoms with E-state index < -0.39 is 11.6 Å². The van der Waals surface area contributed by atoms with Gasteiger partial charge in [-0.05, 0) is 43.0 Å². The van der Waals surface area contributed by atoms with E-state index in [1.165, 1.54) is 0 Å². The van der Waals surface area contributed by atoms with Crippen LogP contribution in [0.15, 0.2) is 28.7 Å². The van der Waals surface area contributed by atoms with Crippen LogP contribution in [0.1, 0.15) is 25.7 Å². The molecular formula is C15H16BrN3O3. The third-order valence-electron chi connectivity index (χ3n) is 4.35. The van der Waals surface area contributed by atoms with Crippen LogP contribution in [0.5, 0.6) is 0 Å². The van der Waals surface area contributed by atoms with Crippen molar-refractivity contribution in [2.75, 3.05) is 5.32 Å². The molecule has 2 unspecified atom stereocenters. The predicted octanol–water partition coefficient (Wildman–Crippen LogP) is 2.16. The maximum absolute atomic E-state index is 12.2. The van der Waals surface area contributed by atoms with Crippen LogP contribution in [-0.2, 0) is 9.59 Å². The number of carbonyl (C=O) groups is 3. The van der Waals surface area contributed by atoms with Gasteiger partial charge in [-0.25, -0.2) is 4.79 Å². The van der Waals surface area contributed by atoms with Gasteiger partial charge in [-0.2, -0.15) is 0 Å². The van der Waals surface area contributed by atoms with Crippen molar-refractivity contribution in [3.63, 3.8) is 0 Å². The zero-order valence-corrected chi connectivity index (χ0v) is 13.4. The van der Waals surface area contributed by atoms with E-state index in [1.54, 1.807) is 12.1 Å². The van der Waals surface area contributed by atoms with Crippen LogP contribution in [0.25, 0.3) is 0 Å². The molecule has 4 amide bonds. The summed E-state index contributed by atoms with van der Waals surface area (Å²) >= 11 is 3.34. The van der Waals surface area contributed by atoms with Gasteiger partial charge in [-0.3, -0.25) is 14.9 Å². The number of halogens is 1. The summed E-state index contributed by atoms with van der Waals surface area (Å²) in [7, 11) is 0. The zero-order chi connectivity index (χ0) is 15.7. The molecular weight excluding hydrogens is 350 g/mol. The highest BCUT2D eigenvalue weighted by molar-refractivity contribution is 9.10. The first-order valence-electron chi connectivity index (χ1n) is 7.19. The summed E-state index contributed by atoms with van der Waals surface area (Å²) in [5.74, 6) is -0.631. The van der Waals surface area contributed by atoms with Crippen molar-refractivity contribution in [1.29, 1.82) is 0 Å². The van der Waals surface area contributed by atoms with Crippen LogP contribution in [0.2, 0.25) is 0 Å². The Bertz CT molecular complexity index is 631. The van der Waals surface area contributed by atoms with Gasteiger partial charge >= 0.3 is 6.03 Å². The number of amides is 4. The average molecular weight is 366 g/mol. The number of benzene rings is 1. The molecule has 1 aromatic carbocycles. The lowest BCUT2D eigenvalue weighted by Crippen LogP contribution is -2.50. The Morgan fingerprint density at radius 3 is 2.68 bits per heavy atom. The number of anilines is 1. The minimum absolute atomic E-state index is 0.150. The normalized spacial score (nSPS) is 26.9. The minimum Gasteiger partial charge on any atom is -0.326 e. The second kappa shape index (κ2) is 5.72. The Morgan fingerprint density at radius 1 is 1.32 bits per heavy atom. The molecule has 22 heavy (non-hydrogen) atoms. The summed E-state index contributed by atoms with van der Waals surface area (Å²) in [4.78, 5) is 35.7. The van der Waals surface area contributed by atoms with Crippen molar-refractivity contribution in [2.24, 2.45) is 5.92 Å². The standard InChI is InChI=1S/C15H16BrN3O3/c16-10-3-5-11(6-4-10)17-12(20)8-9-2-1-7-15(9)13(21)18-14(22)19-15/h3-6,9H,1-2,7-8H2,(H,17,20)(H2,18,19,21,22). The van der Waals surface area contributed by atoms with Crippen LogP contribution >= 0.6 is 15.9 Å². The van der Waals surface area contributed by atoms with E-state index in [9.17, 15) is 14.4 Å². The maximum Gasteiger partial charge on any atom is 0.322 e. The van der Waals surface area contributed by atoms with E-state index in [0.717, 1.165) is 17.3 Å². The van der Waals surface area contributed by atoms with Gasteiger partial charge in [0.05, 0.1) is 0 Å². The van der Waals surface area contributed by atoms with Gasteiger partial charge in [-0.1, -0.05) is 22.4 Å². The second-order valence-electron chi connectivity index (χ2n) is 5.73. The molecule has 2 fully saturated rings. The third-order valence-corrected chi connectivity index (χ3v) is 4.88. The molecule has 1 saturated heterocycles. The van der Waals surface area contributed by atoms with Crippen LogP contribution < -0.4 is 16.0 Å². The van der Waals surface area contributed by atoms with Crippen molar-refractivity contribution in [3.8, 4) is 0 Å². The van der Waals surface area contributed by atoms with E-state index in [2.05, 4.69) is 31.9 Å². The Balaban J connectivity index is 1.67. The molecule has 2 atom stereocenters. The van der Waals surface area contributed by atoms with Crippen molar-refractivity contribution >= 4 is 39.5 Å². The number of rotatable bonds is 3.